The Morgan fingerprint density at radius 3 is 1.56 bits per heavy atom. The normalized spacial score (nSPS) is 32.5. The van der Waals surface area contributed by atoms with E-state index < -0.39 is 0 Å². The van der Waals surface area contributed by atoms with Crippen LogP contribution in [0.1, 0.15) is 52.4 Å². The smallest absolute Gasteiger partial charge is 0.333 e. The van der Waals surface area contributed by atoms with Crippen LogP contribution in [0.5, 0.6) is 0 Å². The van der Waals surface area contributed by atoms with E-state index in [4.69, 9.17) is 9.47 Å². The number of hydrogen-bond acceptors (Lipinski definition) is 4. The molecule has 0 saturated heterocycles. The molecule has 25 heavy (non-hydrogen) atoms. The molecule has 0 radical (unpaired) electrons. The molecule has 4 nitrogen and oxygen atoms in total. The maximum absolute atomic E-state index is 11.9. The Balaban J connectivity index is 1.73. The van der Waals surface area contributed by atoms with E-state index in [1.807, 2.05) is 0 Å². The molecule has 4 rings (SSSR count). The highest BCUT2D eigenvalue weighted by Gasteiger charge is 2.54. The molecule has 4 fully saturated rings. The Bertz CT molecular complexity index is 523. The van der Waals surface area contributed by atoms with Crippen LogP contribution in [0.3, 0.4) is 0 Å². The lowest BCUT2D eigenvalue weighted by Gasteiger charge is -2.59. The van der Waals surface area contributed by atoms with Crippen molar-refractivity contribution in [3.8, 4) is 0 Å². The summed E-state index contributed by atoms with van der Waals surface area (Å²) in [5, 5.41) is 0. The fourth-order valence-electron chi connectivity index (χ4n) is 5.68. The second kappa shape index (κ2) is 6.97. The highest BCUT2D eigenvalue weighted by molar-refractivity contribution is 5.87. The van der Waals surface area contributed by atoms with Crippen LogP contribution >= 0.6 is 0 Å². The van der Waals surface area contributed by atoms with E-state index >= 15 is 0 Å². The van der Waals surface area contributed by atoms with Gasteiger partial charge in [0.2, 0.25) is 0 Å². The highest BCUT2D eigenvalue weighted by Crippen LogP contribution is 2.62. The molecular weight excluding hydrogens is 316 g/mol. The lowest BCUT2D eigenvalue weighted by atomic mass is 9.46. The fraction of sp³-hybridized carbons (Fsp3) is 0.714. The Labute approximate surface area is 150 Å². The summed E-state index contributed by atoms with van der Waals surface area (Å²) in [6.07, 6.45) is 7.59. The van der Waals surface area contributed by atoms with Crippen molar-refractivity contribution >= 4 is 11.9 Å². The molecule has 0 spiro atoms. The van der Waals surface area contributed by atoms with Gasteiger partial charge in [-0.3, -0.25) is 0 Å². The van der Waals surface area contributed by atoms with Crippen LogP contribution in [-0.2, 0) is 19.1 Å². The van der Waals surface area contributed by atoms with E-state index in [0.717, 1.165) is 17.8 Å². The zero-order valence-electron chi connectivity index (χ0n) is 15.5. The van der Waals surface area contributed by atoms with Gasteiger partial charge in [-0.2, -0.15) is 0 Å². The molecule has 0 aliphatic heterocycles. The third-order valence-electron chi connectivity index (χ3n) is 6.48. The molecule has 0 amide bonds. The van der Waals surface area contributed by atoms with Crippen molar-refractivity contribution in [1.82, 2.24) is 0 Å². The first kappa shape index (κ1) is 18.2. The van der Waals surface area contributed by atoms with Crippen LogP contribution in [0, 0.1) is 29.1 Å². The minimum Gasteiger partial charge on any atom is -0.462 e. The topological polar surface area (TPSA) is 52.6 Å². The quantitative estimate of drug-likeness (QED) is 0.515. The van der Waals surface area contributed by atoms with Crippen molar-refractivity contribution in [3.05, 3.63) is 24.3 Å². The molecule has 4 bridgehead atoms. The Kier molecular flexibility index (Phi) is 5.08. The zero-order valence-corrected chi connectivity index (χ0v) is 15.5. The van der Waals surface area contributed by atoms with Gasteiger partial charge in [0.05, 0.1) is 13.2 Å². The average Bonchev–Trinajstić information content (AvgIpc) is 2.52. The van der Waals surface area contributed by atoms with Crippen LogP contribution in [-0.4, -0.2) is 25.2 Å². The Hall–Kier alpha value is -1.58. The predicted octanol–water partition coefficient (Wildman–Crippen LogP) is 4.06. The fourth-order valence-corrected chi connectivity index (χ4v) is 5.68. The molecule has 0 unspecified atom stereocenters. The van der Waals surface area contributed by atoms with Crippen LogP contribution in [0.4, 0.5) is 0 Å². The summed E-state index contributed by atoms with van der Waals surface area (Å²) < 4.78 is 11.0. The number of carbonyl (C=O) groups excluding carboxylic acids is 2. The molecule has 4 aliphatic carbocycles. The van der Waals surface area contributed by atoms with Gasteiger partial charge in [-0.05, 0) is 75.5 Å². The summed E-state index contributed by atoms with van der Waals surface area (Å²) >= 11 is 0. The van der Waals surface area contributed by atoms with Gasteiger partial charge in [-0.1, -0.05) is 13.2 Å². The molecule has 0 aromatic heterocycles. The molecule has 4 saturated carbocycles. The van der Waals surface area contributed by atoms with Crippen molar-refractivity contribution in [2.24, 2.45) is 29.1 Å². The van der Waals surface area contributed by atoms with E-state index in [2.05, 4.69) is 13.2 Å². The van der Waals surface area contributed by atoms with E-state index in [0.29, 0.717) is 24.4 Å². The Morgan fingerprint density at radius 1 is 0.880 bits per heavy atom. The number of ether oxygens (including phenoxy) is 2. The van der Waals surface area contributed by atoms with Gasteiger partial charge in [0.1, 0.15) is 0 Å². The van der Waals surface area contributed by atoms with Crippen LogP contribution in [0.15, 0.2) is 24.3 Å². The number of esters is 2. The molecule has 138 valence electrons. The van der Waals surface area contributed by atoms with E-state index in [9.17, 15) is 9.59 Å². The molecule has 0 heterocycles. The first-order valence-electron chi connectivity index (χ1n) is 9.44. The lowest BCUT2D eigenvalue weighted by Crippen LogP contribution is -2.52. The molecule has 4 heteroatoms. The van der Waals surface area contributed by atoms with E-state index in [1.54, 1.807) is 13.8 Å². The molecule has 4 aliphatic rings. The van der Waals surface area contributed by atoms with Gasteiger partial charge in [0.15, 0.2) is 0 Å². The lowest BCUT2D eigenvalue weighted by molar-refractivity contribution is -0.157. The van der Waals surface area contributed by atoms with Gasteiger partial charge in [0.25, 0.3) is 0 Å². The molecule has 0 aromatic rings. The first-order chi connectivity index (χ1) is 11.8. The van der Waals surface area contributed by atoms with Crippen molar-refractivity contribution in [3.63, 3.8) is 0 Å². The van der Waals surface area contributed by atoms with Gasteiger partial charge in [0, 0.05) is 17.1 Å². The standard InChI is InChI=1S/C21H30O4/c1-13(2)19(22)24-11-18(12-25-20(23)14(3)4)21-8-15-5-16(9-21)7-17(6-15)10-21/h15-18H,1,3,5-12H2,2,4H3. The summed E-state index contributed by atoms with van der Waals surface area (Å²) in [6.45, 7) is 11.2. The maximum Gasteiger partial charge on any atom is 0.333 e. The van der Waals surface area contributed by atoms with E-state index in [-0.39, 0.29) is 23.3 Å². The van der Waals surface area contributed by atoms with Crippen LogP contribution in [0.2, 0.25) is 0 Å². The van der Waals surface area contributed by atoms with Crippen molar-refractivity contribution in [2.75, 3.05) is 13.2 Å². The summed E-state index contributed by atoms with van der Waals surface area (Å²) in [6, 6.07) is 0. The third kappa shape index (κ3) is 3.83. The zero-order chi connectivity index (χ0) is 18.2. The summed E-state index contributed by atoms with van der Waals surface area (Å²) in [5.41, 5.74) is 0.964. The summed E-state index contributed by atoms with van der Waals surface area (Å²) in [4.78, 5) is 23.8. The largest absolute Gasteiger partial charge is 0.462 e. The second-order valence-corrected chi connectivity index (χ2v) is 8.73. The number of hydrogen-bond donors (Lipinski definition) is 0. The molecular formula is C21H30O4. The average molecular weight is 346 g/mol. The maximum atomic E-state index is 11.9. The first-order valence-corrected chi connectivity index (χ1v) is 9.44. The van der Waals surface area contributed by atoms with Crippen molar-refractivity contribution < 1.29 is 19.1 Å². The van der Waals surface area contributed by atoms with Crippen LogP contribution in [0.25, 0.3) is 0 Å². The van der Waals surface area contributed by atoms with Crippen molar-refractivity contribution in [2.45, 2.75) is 52.4 Å². The van der Waals surface area contributed by atoms with Gasteiger partial charge >= 0.3 is 11.9 Å². The van der Waals surface area contributed by atoms with Gasteiger partial charge in [-0.25, -0.2) is 9.59 Å². The van der Waals surface area contributed by atoms with Gasteiger partial charge < -0.3 is 9.47 Å². The minimum absolute atomic E-state index is 0.0625. The monoisotopic (exact) mass is 346 g/mol. The summed E-state index contributed by atoms with van der Waals surface area (Å²) in [5.74, 6) is 1.72. The second-order valence-electron chi connectivity index (χ2n) is 8.73. The third-order valence-corrected chi connectivity index (χ3v) is 6.48. The minimum atomic E-state index is -0.360. The molecule has 0 atom stereocenters. The SMILES string of the molecule is C=C(C)C(=O)OCC(COC(=O)C(=C)C)C12CC3CC(CC(C3)C1)C2. The number of carbonyl (C=O) groups is 2. The van der Waals surface area contributed by atoms with E-state index in [1.165, 1.54) is 38.5 Å². The van der Waals surface area contributed by atoms with Crippen LogP contribution < -0.4 is 0 Å². The molecule has 0 aromatic carbocycles. The highest BCUT2D eigenvalue weighted by atomic mass is 16.5. The Morgan fingerprint density at radius 2 is 1.24 bits per heavy atom. The number of rotatable bonds is 7. The van der Waals surface area contributed by atoms with Crippen molar-refractivity contribution in [1.29, 1.82) is 0 Å². The van der Waals surface area contributed by atoms with Gasteiger partial charge in [-0.15, -0.1) is 0 Å². The predicted molar refractivity (Wildman–Crippen MR) is 95.6 cm³/mol. The molecule has 0 N–H and O–H groups in total. The summed E-state index contributed by atoms with van der Waals surface area (Å²) in [7, 11) is 0.